The predicted molar refractivity (Wildman–Crippen MR) is 105 cm³/mol. The molecule has 0 saturated heterocycles. The number of hydrogen-bond donors (Lipinski definition) is 0. The SMILES string of the molecule is CCN(C)/C=N/c1ccc(OC(C)Cc2cc(C)cc(C)c2)nc1C. The second-order valence-corrected chi connectivity index (χ2v) is 6.70. The molecule has 1 aromatic carbocycles. The Morgan fingerprint density at radius 2 is 1.84 bits per heavy atom. The molecule has 1 heterocycles. The largest absolute Gasteiger partial charge is 0.474 e. The molecule has 0 aliphatic carbocycles. The van der Waals surface area contributed by atoms with Crippen LogP contribution in [0.3, 0.4) is 0 Å². The summed E-state index contributed by atoms with van der Waals surface area (Å²) in [6.45, 7) is 11.3. The van der Waals surface area contributed by atoms with Crippen molar-refractivity contribution in [3.8, 4) is 5.88 Å². The summed E-state index contributed by atoms with van der Waals surface area (Å²) in [5.74, 6) is 0.650. The fraction of sp³-hybridized carbons (Fsp3) is 0.429. The third-order valence-corrected chi connectivity index (χ3v) is 4.05. The third-order valence-electron chi connectivity index (χ3n) is 4.05. The van der Waals surface area contributed by atoms with Crippen LogP contribution in [0.1, 0.15) is 36.2 Å². The third kappa shape index (κ3) is 5.89. The minimum atomic E-state index is 0.0636. The number of nitrogens with zero attached hydrogens (tertiary/aromatic N) is 3. The van der Waals surface area contributed by atoms with Gasteiger partial charge in [0.15, 0.2) is 0 Å². The van der Waals surface area contributed by atoms with Crippen molar-refractivity contribution in [1.29, 1.82) is 0 Å². The Morgan fingerprint density at radius 3 is 2.44 bits per heavy atom. The molecule has 0 aliphatic rings. The van der Waals surface area contributed by atoms with Gasteiger partial charge in [-0.1, -0.05) is 29.3 Å². The van der Waals surface area contributed by atoms with Gasteiger partial charge in [0.1, 0.15) is 6.10 Å². The fourth-order valence-corrected chi connectivity index (χ4v) is 2.74. The number of rotatable bonds is 7. The number of aryl methyl sites for hydroxylation is 3. The van der Waals surface area contributed by atoms with Crippen LogP contribution in [0.5, 0.6) is 5.88 Å². The van der Waals surface area contributed by atoms with Crippen molar-refractivity contribution in [2.24, 2.45) is 4.99 Å². The van der Waals surface area contributed by atoms with E-state index in [1.165, 1.54) is 16.7 Å². The summed E-state index contributed by atoms with van der Waals surface area (Å²) in [5.41, 5.74) is 5.61. The quantitative estimate of drug-likeness (QED) is 0.545. The molecule has 0 amide bonds. The van der Waals surface area contributed by atoms with Crippen molar-refractivity contribution in [3.63, 3.8) is 0 Å². The lowest BCUT2D eigenvalue weighted by Gasteiger charge is -2.15. The Morgan fingerprint density at radius 1 is 1.16 bits per heavy atom. The van der Waals surface area contributed by atoms with Crippen LogP contribution in [-0.2, 0) is 6.42 Å². The van der Waals surface area contributed by atoms with Gasteiger partial charge in [0.05, 0.1) is 17.7 Å². The van der Waals surface area contributed by atoms with Gasteiger partial charge in [-0.05, 0) is 46.2 Å². The highest BCUT2D eigenvalue weighted by Crippen LogP contribution is 2.21. The highest BCUT2D eigenvalue weighted by molar-refractivity contribution is 5.62. The average molecular weight is 339 g/mol. The average Bonchev–Trinajstić information content (AvgIpc) is 2.52. The Balaban J connectivity index is 2.02. The number of ether oxygens (including phenoxy) is 1. The molecule has 0 N–H and O–H groups in total. The number of aromatic nitrogens is 1. The van der Waals surface area contributed by atoms with Gasteiger partial charge in [-0.25, -0.2) is 9.98 Å². The zero-order chi connectivity index (χ0) is 18.4. The molecule has 4 heteroatoms. The van der Waals surface area contributed by atoms with Crippen LogP contribution in [0, 0.1) is 20.8 Å². The number of aliphatic imine (C=N–C) groups is 1. The van der Waals surface area contributed by atoms with Crippen LogP contribution >= 0.6 is 0 Å². The molecule has 0 aliphatic heterocycles. The smallest absolute Gasteiger partial charge is 0.213 e. The van der Waals surface area contributed by atoms with Gasteiger partial charge in [-0.15, -0.1) is 0 Å². The van der Waals surface area contributed by atoms with E-state index in [4.69, 9.17) is 4.74 Å². The minimum absolute atomic E-state index is 0.0636. The lowest BCUT2D eigenvalue weighted by molar-refractivity contribution is 0.213. The van der Waals surface area contributed by atoms with Crippen molar-refractivity contribution >= 4 is 12.0 Å². The first-order valence-electron chi connectivity index (χ1n) is 8.83. The summed E-state index contributed by atoms with van der Waals surface area (Å²) < 4.78 is 6.01. The van der Waals surface area contributed by atoms with Crippen LogP contribution in [0.15, 0.2) is 35.3 Å². The molecule has 134 valence electrons. The first-order valence-corrected chi connectivity index (χ1v) is 8.83. The molecular weight excluding hydrogens is 310 g/mol. The summed E-state index contributed by atoms with van der Waals surface area (Å²) in [6, 6.07) is 10.5. The molecule has 2 rings (SSSR count). The maximum atomic E-state index is 6.01. The maximum Gasteiger partial charge on any atom is 0.213 e. The molecule has 25 heavy (non-hydrogen) atoms. The van der Waals surface area contributed by atoms with E-state index in [0.29, 0.717) is 5.88 Å². The fourth-order valence-electron chi connectivity index (χ4n) is 2.74. The van der Waals surface area contributed by atoms with E-state index in [0.717, 1.165) is 24.3 Å². The van der Waals surface area contributed by atoms with Crippen molar-refractivity contribution in [3.05, 3.63) is 52.7 Å². The van der Waals surface area contributed by atoms with Crippen LogP contribution in [0.4, 0.5) is 5.69 Å². The molecule has 0 fully saturated rings. The summed E-state index contributed by atoms with van der Waals surface area (Å²) >= 11 is 0. The number of pyridine rings is 1. The van der Waals surface area contributed by atoms with Gasteiger partial charge in [0.2, 0.25) is 5.88 Å². The minimum Gasteiger partial charge on any atom is -0.474 e. The first kappa shape index (κ1) is 19.0. The number of hydrogen-bond acceptors (Lipinski definition) is 3. The van der Waals surface area contributed by atoms with Gasteiger partial charge in [0, 0.05) is 26.1 Å². The topological polar surface area (TPSA) is 37.7 Å². The van der Waals surface area contributed by atoms with Crippen LogP contribution in [-0.4, -0.2) is 35.9 Å². The number of benzene rings is 1. The van der Waals surface area contributed by atoms with E-state index in [-0.39, 0.29) is 6.10 Å². The second kappa shape index (κ2) is 8.65. The van der Waals surface area contributed by atoms with Crippen molar-refractivity contribution in [1.82, 2.24) is 9.88 Å². The first-order chi connectivity index (χ1) is 11.9. The molecule has 0 radical (unpaired) electrons. The van der Waals surface area contributed by atoms with Gasteiger partial charge in [-0.2, -0.15) is 0 Å². The molecule has 2 aromatic rings. The van der Waals surface area contributed by atoms with E-state index >= 15 is 0 Å². The summed E-state index contributed by atoms with van der Waals surface area (Å²) in [4.78, 5) is 11.0. The zero-order valence-electron chi connectivity index (χ0n) is 16.2. The van der Waals surface area contributed by atoms with Crippen molar-refractivity contribution in [2.45, 2.75) is 47.1 Å². The van der Waals surface area contributed by atoms with Gasteiger partial charge in [0.25, 0.3) is 0 Å². The highest BCUT2D eigenvalue weighted by atomic mass is 16.5. The highest BCUT2D eigenvalue weighted by Gasteiger charge is 2.09. The van der Waals surface area contributed by atoms with Crippen molar-refractivity contribution in [2.75, 3.05) is 13.6 Å². The Labute approximate surface area is 151 Å². The molecule has 4 nitrogen and oxygen atoms in total. The van der Waals surface area contributed by atoms with Crippen LogP contribution in [0.25, 0.3) is 0 Å². The molecular formula is C21H29N3O. The molecule has 1 atom stereocenters. The molecule has 0 spiro atoms. The summed E-state index contributed by atoms with van der Waals surface area (Å²) in [7, 11) is 2.00. The monoisotopic (exact) mass is 339 g/mol. The Hall–Kier alpha value is -2.36. The normalized spacial score (nSPS) is 12.4. The zero-order valence-corrected chi connectivity index (χ0v) is 16.2. The summed E-state index contributed by atoms with van der Waals surface area (Å²) in [5, 5.41) is 0. The molecule has 1 aromatic heterocycles. The predicted octanol–water partition coefficient (Wildman–Crippen LogP) is 4.63. The second-order valence-electron chi connectivity index (χ2n) is 6.70. The Bertz CT molecular complexity index is 720. The lowest BCUT2D eigenvalue weighted by atomic mass is 10.0. The van der Waals surface area contributed by atoms with E-state index in [2.05, 4.69) is 55.9 Å². The van der Waals surface area contributed by atoms with E-state index in [1.54, 1.807) is 0 Å². The van der Waals surface area contributed by atoms with E-state index in [9.17, 15) is 0 Å². The van der Waals surface area contributed by atoms with Crippen LogP contribution < -0.4 is 4.74 Å². The maximum absolute atomic E-state index is 6.01. The lowest BCUT2D eigenvalue weighted by Crippen LogP contribution is -2.16. The van der Waals surface area contributed by atoms with Gasteiger partial charge >= 0.3 is 0 Å². The molecule has 1 unspecified atom stereocenters. The van der Waals surface area contributed by atoms with Gasteiger partial charge in [-0.3, -0.25) is 0 Å². The van der Waals surface area contributed by atoms with E-state index < -0.39 is 0 Å². The Kier molecular flexibility index (Phi) is 6.57. The summed E-state index contributed by atoms with van der Waals surface area (Å²) in [6.07, 6.45) is 2.76. The molecule has 0 bridgehead atoms. The molecule has 0 saturated carbocycles. The standard InChI is InChI=1S/C21H29N3O/c1-7-24(6)14-22-20-8-9-21(23-18(20)5)25-17(4)13-19-11-15(2)10-16(3)12-19/h8-12,14,17H,7,13H2,1-6H3/b22-14+. The van der Waals surface area contributed by atoms with E-state index in [1.807, 2.05) is 37.3 Å². The van der Waals surface area contributed by atoms with Gasteiger partial charge < -0.3 is 9.64 Å². The van der Waals surface area contributed by atoms with Crippen LogP contribution in [0.2, 0.25) is 0 Å². The van der Waals surface area contributed by atoms with Crippen molar-refractivity contribution < 1.29 is 4.74 Å².